The molecule has 0 atom stereocenters. The minimum Gasteiger partial charge on any atom is -0.497 e. The van der Waals surface area contributed by atoms with Crippen LogP contribution < -0.4 is 18.9 Å². The quantitative estimate of drug-likeness (QED) is 0.0460. The molecule has 0 saturated heterocycles. The Kier molecular flexibility index (Phi) is 24.8. The average Bonchev–Trinajstić information content (AvgIpc) is 3.15. The minimum absolute atomic E-state index is 0.345. The fourth-order valence-electron chi connectivity index (χ4n) is 4.30. The predicted molar refractivity (Wildman–Crippen MR) is 207 cm³/mol. The Morgan fingerprint density at radius 3 is 1.44 bits per heavy atom. The van der Waals surface area contributed by atoms with Gasteiger partial charge in [0.05, 0.1) is 39.1 Å². The average molecular weight is 719 g/mol. The highest BCUT2D eigenvalue weighted by atomic mass is 16.5. The fraction of sp³-hybridized carbons (Fsp3) is 0.419. The highest BCUT2D eigenvalue weighted by Gasteiger charge is 2.11. The second-order valence-electron chi connectivity index (χ2n) is 11.8. The smallest absolute Gasteiger partial charge is 0.343 e. The Morgan fingerprint density at radius 1 is 0.596 bits per heavy atom. The summed E-state index contributed by atoms with van der Waals surface area (Å²) in [5.41, 5.74) is 2.51. The molecule has 0 amide bonds. The molecule has 0 bridgehead atoms. The van der Waals surface area contributed by atoms with E-state index in [1.165, 1.54) is 24.1 Å². The van der Waals surface area contributed by atoms with Crippen LogP contribution >= 0.6 is 0 Å². The van der Waals surface area contributed by atoms with Gasteiger partial charge in [-0.2, -0.15) is 0 Å². The largest absolute Gasteiger partial charge is 0.497 e. The van der Waals surface area contributed by atoms with Crippen molar-refractivity contribution in [3.05, 3.63) is 109 Å². The van der Waals surface area contributed by atoms with E-state index in [-0.39, 0.29) is 11.9 Å². The van der Waals surface area contributed by atoms with Gasteiger partial charge in [-0.15, -0.1) is 0 Å². The van der Waals surface area contributed by atoms with Crippen LogP contribution in [0.25, 0.3) is 0 Å². The Morgan fingerprint density at radius 2 is 1.02 bits per heavy atom. The summed E-state index contributed by atoms with van der Waals surface area (Å²) in [4.78, 5) is 34.0. The summed E-state index contributed by atoms with van der Waals surface area (Å²) in [6.45, 7) is 17.1. The molecule has 0 saturated carbocycles. The lowest BCUT2D eigenvalue weighted by molar-refractivity contribution is -0.138. The van der Waals surface area contributed by atoms with Gasteiger partial charge >= 0.3 is 17.9 Å². The number of unbranched alkanes of at least 4 members (excludes halogenated alkanes) is 6. The maximum Gasteiger partial charge on any atom is 0.343 e. The summed E-state index contributed by atoms with van der Waals surface area (Å²) < 4.78 is 31.8. The van der Waals surface area contributed by atoms with E-state index in [9.17, 15) is 14.4 Å². The number of ether oxygens (including phenoxy) is 6. The lowest BCUT2D eigenvalue weighted by Crippen LogP contribution is -2.09. The van der Waals surface area contributed by atoms with Crippen molar-refractivity contribution >= 4 is 17.9 Å². The van der Waals surface area contributed by atoms with Crippen molar-refractivity contribution in [3.8, 4) is 23.0 Å². The lowest BCUT2D eigenvalue weighted by atomic mass is 10.2. The summed E-state index contributed by atoms with van der Waals surface area (Å²) in [7, 11) is 1.59. The second-order valence-corrected chi connectivity index (χ2v) is 11.8. The van der Waals surface area contributed by atoms with Crippen molar-refractivity contribution in [1.29, 1.82) is 0 Å². The van der Waals surface area contributed by atoms with E-state index in [1.807, 2.05) is 37.3 Å². The number of benzene rings is 3. The fourth-order valence-corrected chi connectivity index (χ4v) is 4.30. The molecule has 0 aliphatic carbocycles. The molecule has 0 fully saturated rings. The molecular weight excluding hydrogens is 660 g/mol. The van der Waals surface area contributed by atoms with Crippen LogP contribution in [0, 0.1) is 13.8 Å². The number of carbonyl (C=O) groups is 3. The van der Waals surface area contributed by atoms with Crippen LogP contribution in [-0.4, -0.2) is 51.4 Å². The van der Waals surface area contributed by atoms with Crippen molar-refractivity contribution in [2.24, 2.45) is 0 Å². The summed E-state index contributed by atoms with van der Waals surface area (Å²) >= 11 is 0. The molecule has 0 N–H and O–H groups in total. The second kappa shape index (κ2) is 28.6. The van der Waals surface area contributed by atoms with Crippen molar-refractivity contribution in [2.75, 3.05) is 33.5 Å². The van der Waals surface area contributed by atoms with Crippen LogP contribution in [0.4, 0.5) is 0 Å². The molecule has 0 heterocycles. The van der Waals surface area contributed by atoms with Crippen LogP contribution in [0.15, 0.2) is 92.0 Å². The molecule has 9 nitrogen and oxygen atoms in total. The number of esters is 3. The first-order chi connectivity index (χ1) is 25.2. The third-order valence-corrected chi connectivity index (χ3v) is 7.13. The summed E-state index contributed by atoms with van der Waals surface area (Å²) in [6, 6.07) is 20.2. The van der Waals surface area contributed by atoms with Gasteiger partial charge in [0.1, 0.15) is 23.0 Å². The van der Waals surface area contributed by atoms with Gasteiger partial charge in [-0.05, 0) is 125 Å². The third kappa shape index (κ3) is 21.2. The molecule has 0 unspecified atom stereocenters. The van der Waals surface area contributed by atoms with E-state index < -0.39 is 5.97 Å². The predicted octanol–water partition coefficient (Wildman–Crippen LogP) is 9.97. The van der Waals surface area contributed by atoms with E-state index in [0.29, 0.717) is 42.6 Å². The molecule has 9 heteroatoms. The maximum absolute atomic E-state index is 12.3. The Bertz CT molecular complexity index is 1450. The van der Waals surface area contributed by atoms with E-state index >= 15 is 0 Å². The van der Waals surface area contributed by atoms with Gasteiger partial charge in [0, 0.05) is 12.2 Å². The van der Waals surface area contributed by atoms with E-state index in [4.69, 9.17) is 28.4 Å². The normalized spacial score (nSPS) is 9.87. The highest BCUT2D eigenvalue weighted by Crippen LogP contribution is 2.24. The zero-order valence-corrected chi connectivity index (χ0v) is 31.8. The molecule has 3 aromatic carbocycles. The minimum atomic E-state index is -0.424. The highest BCUT2D eigenvalue weighted by molar-refractivity contribution is 5.91. The van der Waals surface area contributed by atoms with Crippen LogP contribution in [0.2, 0.25) is 0 Å². The Labute approximate surface area is 310 Å². The van der Waals surface area contributed by atoms with Crippen molar-refractivity contribution in [2.45, 2.75) is 85.5 Å². The van der Waals surface area contributed by atoms with Crippen LogP contribution in [0.1, 0.15) is 93.1 Å². The lowest BCUT2D eigenvalue weighted by Gasteiger charge is -2.10. The number of hydrogen-bond donors (Lipinski definition) is 0. The molecule has 0 aromatic heterocycles. The molecular formula is C43H58O9. The van der Waals surface area contributed by atoms with Gasteiger partial charge in [-0.1, -0.05) is 51.1 Å². The first-order valence-electron chi connectivity index (χ1n) is 18.0. The Balaban J connectivity index is 0.000000527. The maximum atomic E-state index is 12.3. The number of carbonyl (C=O) groups excluding carboxylic acids is 3. The van der Waals surface area contributed by atoms with E-state index in [1.54, 1.807) is 43.5 Å². The van der Waals surface area contributed by atoms with Gasteiger partial charge in [0.2, 0.25) is 0 Å². The van der Waals surface area contributed by atoms with Gasteiger partial charge < -0.3 is 28.4 Å². The molecule has 3 rings (SSSR count). The summed E-state index contributed by atoms with van der Waals surface area (Å²) in [5, 5.41) is 0. The molecule has 52 heavy (non-hydrogen) atoms. The van der Waals surface area contributed by atoms with Gasteiger partial charge in [-0.25, -0.2) is 14.4 Å². The standard InChI is InChI=1S/C24H28O6.C16H22O3.C3H8/c1-4-23(25)29-16-8-6-5-7-15-28-20-11-9-19(10-12-20)24(26)30-22-14-13-21(27-3)17-18(22)2;1-3-16(17)19-13-7-5-4-6-12-18-15-10-8-14(2)9-11-15;1-3-2/h4,9-14,17H,1,5-8,15-16H2,2-3H3;3,8-11H,1,4-7,12-13H2,2H3;3H2,1-2H3. The monoisotopic (exact) mass is 718 g/mol. The van der Waals surface area contributed by atoms with Gasteiger partial charge in [0.25, 0.3) is 0 Å². The van der Waals surface area contributed by atoms with E-state index in [2.05, 4.69) is 33.9 Å². The molecule has 0 aliphatic heterocycles. The first kappa shape index (κ1) is 45.0. The molecule has 284 valence electrons. The third-order valence-electron chi connectivity index (χ3n) is 7.13. The van der Waals surface area contributed by atoms with E-state index in [0.717, 1.165) is 69.3 Å². The summed E-state index contributed by atoms with van der Waals surface area (Å²) in [5.74, 6) is 1.68. The SMILES string of the molecule is C=CC(=O)OCCCCCCOc1ccc(C(=O)Oc2ccc(OC)cc2C)cc1.C=CC(=O)OCCCCCCOc1ccc(C)cc1.CCC. The number of hydrogen-bond acceptors (Lipinski definition) is 9. The zero-order valence-electron chi connectivity index (χ0n) is 31.8. The molecule has 0 spiro atoms. The topological polar surface area (TPSA) is 107 Å². The molecule has 3 aromatic rings. The summed E-state index contributed by atoms with van der Waals surface area (Å²) in [6.07, 6.45) is 11.3. The van der Waals surface area contributed by atoms with Crippen molar-refractivity contribution in [1.82, 2.24) is 0 Å². The van der Waals surface area contributed by atoms with Crippen molar-refractivity contribution < 1.29 is 42.8 Å². The molecule has 0 aliphatic rings. The Hall–Kier alpha value is -5.05. The van der Waals surface area contributed by atoms with Gasteiger partial charge in [-0.3, -0.25) is 0 Å². The van der Waals surface area contributed by atoms with Crippen LogP contribution in [0.5, 0.6) is 23.0 Å². The van der Waals surface area contributed by atoms with Crippen LogP contribution in [0.3, 0.4) is 0 Å². The molecule has 0 radical (unpaired) electrons. The first-order valence-corrected chi connectivity index (χ1v) is 18.0. The number of methoxy groups -OCH3 is 1. The zero-order chi connectivity index (χ0) is 38.4. The number of rotatable bonds is 21. The number of aryl methyl sites for hydroxylation is 2. The van der Waals surface area contributed by atoms with Crippen molar-refractivity contribution in [3.63, 3.8) is 0 Å². The van der Waals surface area contributed by atoms with Crippen LogP contribution in [-0.2, 0) is 19.1 Å². The van der Waals surface area contributed by atoms with Gasteiger partial charge in [0.15, 0.2) is 0 Å².